The van der Waals surface area contributed by atoms with Crippen molar-refractivity contribution in [3.8, 4) is 11.5 Å². The normalized spacial score (nSPS) is 15.5. The van der Waals surface area contributed by atoms with Crippen LogP contribution in [0.4, 0.5) is 15.8 Å². The Morgan fingerprint density at radius 1 is 1.00 bits per heavy atom. The molecule has 1 aliphatic rings. The summed E-state index contributed by atoms with van der Waals surface area (Å²) in [5.41, 5.74) is 6.62. The van der Waals surface area contributed by atoms with Crippen LogP contribution in [0.5, 0.6) is 11.5 Å². The predicted molar refractivity (Wildman–Crippen MR) is 158 cm³/mol. The molecule has 1 saturated heterocycles. The Kier molecular flexibility index (Phi) is 9.24. The maximum atomic E-state index is 14.5. The SMILES string of the molecule is COc1ccc([C@H](Nc2cc(F)cc(C(N)=O)c2)C(=O)N2CCC[C@@H]2c2cc(NC(C)=O)ccc2S(C)(=O)=O)cc1OC. The van der Waals surface area contributed by atoms with Crippen molar-refractivity contribution in [1.82, 2.24) is 4.90 Å². The monoisotopic (exact) mass is 612 g/mol. The van der Waals surface area contributed by atoms with Crippen LogP contribution in [-0.4, -0.2) is 58.1 Å². The number of carbonyl (C=O) groups is 3. The summed E-state index contributed by atoms with van der Waals surface area (Å²) >= 11 is 0. The highest BCUT2D eigenvalue weighted by atomic mass is 32.2. The van der Waals surface area contributed by atoms with Crippen LogP contribution in [0.15, 0.2) is 59.5 Å². The fourth-order valence-electron chi connectivity index (χ4n) is 5.25. The van der Waals surface area contributed by atoms with Crippen molar-refractivity contribution in [2.24, 2.45) is 5.73 Å². The maximum absolute atomic E-state index is 14.5. The zero-order valence-electron chi connectivity index (χ0n) is 24.1. The van der Waals surface area contributed by atoms with Crippen molar-refractivity contribution in [2.75, 3.05) is 37.7 Å². The molecule has 0 spiro atoms. The summed E-state index contributed by atoms with van der Waals surface area (Å²) in [6.07, 6.45) is 2.12. The minimum absolute atomic E-state index is 0.0400. The molecule has 0 saturated carbocycles. The number of nitrogens with zero attached hydrogens (tertiary/aromatic N) is 1. The van der Waals surface area contributed by atoms with E-state index in [1.807, 2.05) is 0 Å². The Bertz CT molecular complexity index is 1680. The highest BCUT2D eigenvalue weighted by Gasteiger charge is 2.37. The van der Waals surface area contributed by atoms with Gasteiger partial charge < -0.3 is 30.7 Å². The molecule has 43 heavy (non-hydrogen) atoms. The second kappa shape index (κ2) is 12.7. The van der Waals surface area contributed by atoms with E-state index >= 15 is 0 Å². The largest absolute Gasteiger partial charge is 0.493 e. The number of methoxy groups -OCH3 is 2. The van der Waals surface area contributed by atoms with Crippen molar-refractivity contribution in [2.45, 2.75) is 36.7 Å². The van der Waals surface area contributed by atoms with Crippen LogP contribution < -0.4 is 25.8 Å². The first-order valence-corrected chi connectivity index (χ1v) is 15.2. The summed E-state index contributed by atoms with van der Waals surface area (Å²) in [4.78, 5) is 39.5. The Morgan fingerprint density at radius 3 is 2.35 bits per heavy atom. The number of rotatable bonds is 10. The molecule has 4 N–H and O–H groups in total. The van der Waals surface area contributed by atoms with E-state index in [0.29, 0.717) is 47.7 Å². The molecule has 228 valence electrons. The van der Waals surface area contributed by atoms with Gasteiger partial charge >= 0.3 is 0 Å². The van der Waals surface area contributed by atoms with E-state index in [1.165, 1.54) is 39.3 Å². The quantitative estimate of drug-likeness (QED) is 0.312. The number of ether oxygens (including phenoxy) is 2. The molecule has 3 aromatic carbocycles. The molecule has 3 amide bonds. The number of carbonyl (C=O) groups excluding carboxylic acids is 3. The van der Waals surface area contributed by atoms with Gasteiger partial charge in [0.15, 0.2) is 21.3 Å². The number of halogens is 1. The van der Waals surface area contributed by atoms with Gasteiger partial charge in [0.05, 0.1) is 25.2 Å². The maximum Gasteiger partial charge on any atom is 0.250 e. The number of anilines is 2. The van der Waals surface area contributed by atoms with E-state index in [1.54, 1.807) is 29.2 Å². The highest BCUT2D eigenvalue weighted by Crippen LogP contribution is 2.40. The second-order valence-corrected chi connectivity index (χ2v) is 12.2. The lowest BCUT2D eigenvalue weighted by atomic mass is 10.00. The smallest absolute Gasteiger partial charge is 0.250 e. The Morgan fingerprint density at radius 2 is 1.72 bits per heavy atom. The van der Waals surface area contributed by atoms with E-state index < -0.39 is 39.6 Å². The number of nitrogens with one attached hydrogen (secondary N) is 2. The third kappa shape index (κ3) is 7.05. The van der Waals surface area contributed by atoms with Crippen molar-refractivity contribution >= 4 is 38.9 Å². The van der Waals surface area contributed by atoms with Crippen LogP contribution in [0.3, 0.4) is 0 Å². The average Bonchev–Trinajstić information content (AvgIpc) is 3.44. The van der Waals surface area contributed by atoms with E-state index in [-0.39, 0.29) is 22.1 Å². The van der Waals surface area contributed by atoms with Gasteiger partial charge in [0.2, 0.25) is 17.7 Å². The van der Waals surface area contributed by atoms with Crippen molar-refractivity contribution in [3.63, 3.8) is 0 Å². The van der Waals surface area contributed by atoms with Crippen molar-refractivity contribution in [1.29, 1.82) is 0 Å². The molecular weight excluding hydrogens is 579 g/mol. The van der Waals surface area contributed by atoms with E-state index in [9.17, 15) is 27.2 Å². The predicted octanol–water partition coefficient (Wildman–Crippen LogP) is 3.82. The topological polar surface area (TPSA) is 157 Å². The van der Waals surface area contributed by atoms with E-state index in [4.69, 9.17) is 15.2 Å². The van der Waals surface area contributed by atoms with Crippen LogP contribution in [0.2, 0.25) is 0 Å². The summed E-state index contributed by atoms with van der Waals surface area (Å²) in [7, 11) is -0.783. The molecule has 13 heteroatoms. The number of primary amides is 1. The van der Waals surface area contributed by atoms with Gasteiger partial charge in [-0.25, -0.2) is 12.8 Å². The van der Waals surface area contributed by atoms with Gasteiger partial charge in [0, 0.05) is 36.7 Å². The zero-order chi connectivity index (χ0) is 31.5. The van der Waals surface area contributed by atoms with Gasteiger partial charge in [-0.3, -0.25) is 14.4 Å². The first kappa shape index (κ1) is 31.3. The zero-order valence-corrected chi connectivity index (χ0v) is 25.0. The lowest BCUT2D eigenvalue weighted by molar-refractivity contribution is -0.133. The Balaban J connectivity index is 1.82. The molecule has 0 unspecified atom stereocenters. The number of sulfone groups is 1. The van der Waals surface area contributed by atoms with Gasteiger partial charge in [-0.2, -0.15) is 0 Å². The lowest BCUT2D eigenvalue weighted by Crippen LogP contribution is -2.38. The summed E-state index contributed by atoms with van der Waals surface area (Å²) < 4.78 is 50.8. The fraction of sp³-hybridized carbons (Fsp3) is 0.300. The molecule has 0 bridgehead atoms. The van der Waals surface area contributed by atoms with Gasteiger partial charge in [-0.1, -0.05) is 6.07 Å². The Labute approximate surface area is 249 Å². The van der Waals surface area contributed by atoms with Crippen LogP contribution in [0.1, 0.15) is 53.3 Å². The first-order chi connectivity index (χ1) is 20.3. The number of benzene rings is 3. The first-order valence-electron chi connectivity index (χ1n) is 13.3. The van der Waals surface area contributed by atoms with E-state index in [0.717, 1.165) is 18.4 Å². The average molecular weight is 613 g/mol. The van der Waals surface area contributed by atoms with E-state index in [2.05, 4.69) is 10.6 Å². The number of nitrogens with two attached hydrogens (primary N) is 1. The number of amides is 3. The highest BCUT2D eigenvalue weighted by molar-refractivity contribution is 7.90. The fourth-order valence-corrected chi connectivity index (χ4v) is 6.19. The third-order valence-corrected chi connectivity index (χ3v) is 8.28. The van der Waals surface area contributed by atoms with Crippen LogP contribution >= 0.6 is 0 Å². The standard InChI is InChI=1S/C30H33FN4O7S/c1-17(36)33-21-8-10-27(43(4,39)40)23(16-21)24-6-5-11-35(24)30(38)28(18-7-9-25(41-2)26(14-18)42-3)34-22-13-19(29(32)37)12-20(31)15-22/h7-10,12-16,24,28,34H,5-6,11H2,1-4H3,(H2,32,37)(H,33,36)/t24-,28+/m1/s1. The summed E-state index contributed by atoms with van der Waals surface area (Å²) in [5, 5.41) is 5.71. The molecule has 2 atom stereocenters. The molecular formula is C30H33FN4O7S. The molecule has 1 aliphatic heterocycles. The Hall–Kier alpha value is -4.65. The van der Waals surface area contributed by atoms with Gasteiger partial charge in [0.1, 0.15) is 11.9 Å². The summed E-state index contributed by atoms with van der Waals surface area (Å²) in [6, 6.07) is 11.0. The molecule has 3 aromatic rings. The van der Waals surface area contributed by atoms with Gasteiger partial charge in [0.25, 0.3) is 0 Å². The lowest BCUT2D eigenvalue weighted by Gasteiger charge is -2.31. The molecule has 0 radical (unpaired) electrons. The molecule has 1 heterocycles. The van der Waals surface area contributed by atoms with Crippen LogP contribution in [0, 0.1) is 5.82 Å². The second-order valence-electron chi connectivity index (χ2n) is 10.2. The number of likely N-dealkylation sites (tertiary alicyclic amines) is 1. The summed E-state index contributed by atoms with van der Waals surface area (Å²) in [5.74, 6) is -1.58. The molecule has 11 nitrogen and oxygen atoms in total. The molecule has 4 rings (SSSR count). The number of hydrogen-bond donors (Lipinski definition) is 3. The molecule has 1 fully saturated rings. The number of hydrogen-bond acceptors (Lipinski definition) is 8. The van der Waals surface area contributed by atoms with Gasteiger partial charge in [-0.05, 0) is 72.5 Å². The van der Waals surface area contributed by atoms with Crippen LogP contribution in [-0.2, 0) is 19.4 Å². The minimum atomic E-state index is -3.70. The molecule has 0 aliphatic carbocycles. The third-order valence-electron chi connectivity index (χ3n) is 7.11. The van der Waals surface area contributed by atoms with Gasteiger partial charge in [-0.15, -0.1) is 0 Å². The minimum Gasteiger partial charge on any atom is -0.493 e. The van der Waals surface area contributed by atoms with Crippen LogP contribution in [0.25, 0.3) is 0 Å². The summed E-state index contributed by atoms with van der Waals surface area (Å²) in [6.45, 7) is 1.64. The van der Waals surface area contributed by atoms with Crippen molar-refractivity contribution < 1.29 is 36.7 Å². The van der Waals surface area contributed by atoms with Crippen molar-refractivity contribution in [3.05, 3.63) is 77.1 Å². The molecule has 0 aromatic heterocycles.